The van der Waals surface area contributed by atoms with Gasteiger partial charge in [0.25, 0.3) is 0 Å². The van der Waals surface area contributed by atoms with Crippen molar-refractivity contribution in [1.82, 2.24) is 16.0 Å². The Hall–Kier alpha value is -1.59. The van der Waals surface area contributed by atoms with Crippen LogP contribution in [0.4, 0.5) is 0 Å². The van der Waals surface area contributed by atoms with Gasteiger partial charge in [0.05, 0.1) is 0 Å². The molecule has 0 saturated carbocycles. The van der Waals surface area contributed by atoms with Crippen LogP contribution in [0.2, 0.25) is 0 Å². The van der Waals surface area contributed by atoms with Gasteiger partial charge in [-0.1, -0.05) is 30.3 Å². The highest BCUT2D eigenvalue weighted by molar-refractivity contribution is 5.79. The van der Waals surface area contributed by atoms with Crippen LogP contribution in [-0.2, 0) is 4.74 Å². The zero-order chi connectivity index (χ0) is 17.8. The van der Waals surface area contributed by atoms with Crippen molar-refractivity contribution in [2.45, 2.75) is 45.7 Å². The lowest BCUT2D eigenvalue weighted by Gasteiger charge is -2.31. The molecule has 5 heteroatoms. The summed E-state index contributed by atoms with van der Waals surface area (Å²) in [5, 5.41) is 10.4. The van der Waals surface area contributed by atoms with E-state index in [0.717, 1.165) is 38.7 Å². The first kappa shape index (κ1) is 20.5. The van der Waals surface area contributed by atoms with Crippen LogP contribution in [-0.4, -0.2) is 44.8 Å². The molecule has 1 aromatic rings. The Labute approximate surface area is 147 Å². The zero-order valence-electron chi connectivity index (χ0n) is 15.9. The zero-order valence-corrected chi connectivity index (χ0v) is 15.9. The van der Waals surface area contributed by atoms with E-state index in [-0.39, 0.29) is 5.54 Å². The highest BCUT2D eigenvalue weighted by Gasteiger charge is 2.21. The SMILES string of the molecule is CCOCCCNC(=NC)NCC(C)(C)NC(C)c1ccccc1. The van der Waals surface area contributed by atoms with Gasteiger partial charge in [0.1, 0.15) is 0 Å². The molecule has 1 rings (SSSR count). The molecule has 5 nitrogen and oxygen atoms in total. The second kappa shape index (κ2) is 11.0. The van der Waals surface area contributed by atoms with Gasteiger partial charge in [-0.25, -0.2) is 0 Å². The van der Waals surface area contributed by atoms with E-state index in [2.05, 4.69) is 66.0 Å². The summed E-state index contributed by atoms with van der Waals surface area (Å²) < 4.78 is 5.34. The summed E-state index contributed by atoms with van der Waals surface area (Å²) in [6.07, 6.45) is 0.973. The number of hydrogen-bond acceptors (Lipinski definition) is 3. The molecule has 0 fully saturated rings. The van der Waals surface area contributed by atoms with Gasteiger partial charge >= 0.3 is 0 Å². The molecule has 0 bridgehead atoms. The Morgan fingerprint density at radius 3 is 2.54 bits per heavy atom. The molecule has 0 saturated heterocycles. The fourth-order valence-electron chi connectivity index (χ4n) is 2.51. The summed E-state index contributed by atoms with van der Waals surface area (Å²) in [6, 6.07) is 10.8. The normalized spacial score (nSPS) is 13.6. The number of hydrogen-bond donors (Lipinski definition) is 3. The number of nitrogens with zero attached hydrogens (tertiary/aromatic N) is 1. The maximum atomic E-state index is 5.34. The second-order valence-corrected chi connectivity index (χ2v) is 6.56. The van der Waals surface area contributed by atoms with Crippen LogP contribution in [0.5, 0.6) is 0 Å². The molecule has 0 amide bonds. The molecular formula is C19H34N4O. The Morgan fingerprint density at radius 1 is 1.21 bits per heavy atom. The van der Waals surface area contributed by atoms with E-state index in [4.69, 9.17) is 4.74 Å². The quantitative estimate of drug-likeness (QED) is 0.350. The van der Waals surface area contributed by atoms with Crippen molar-refractivity contribution < 1.29 is 4.74 Å². The molecule has 0 spiro atoms. The first-order valence-electron chi connectivity index (χ1n) is 8.83. The maximum Gasteiger partial charge on any atom is 0.191 e. The monoisotopic (exact) mass is 334 g/mol. The lowest BCUT2D eigenvalue weighted by Crippen LogP contribution is -2.52. The molecule has 0 radical (unpaired) electrons. The summed E-state index contributed by atoms with van der Waals surface area (Å²) in [6.45, 7) is 11.8. The molecule has 136 valence electrons. The van der Waals surface area contributed by atoms with Crippen molar-refractivity contribution in [2.24, 2.45) is 4.99 Å². The van der Waals surface area contributed by atoms with Gasteiger partial charge in [-0.3, -0.25) is 4.99 Å². The van der Waals surface area contributed by atoms with Crippen LogP contribution in [0.1, 0.15) is 45.7 Å². The van der Waals surface area contributed by atoms with Crippen LogP contribution in [0.15, 0.2) is 35.3 Å². The summed E-state index contributed by atoms with van der Waals surface area (Å²) >= 11 is 0. The van der Waals surface area contributed by atoms with E-state index in [9.17, 15) is 0 Å². The highest BCUT2D eigenvalue weighted by Crippen LogP contribution is 2.15. The number of benzene rings is 1. The average Bonchev–Trinajstić information content (AvgIpc) is 2.57. The average molecular weight is 335 g/mol. The van der Waals surface area contributed by atoms with E-state index < -0.39 is 0 Å². The van der Waals surface area contributed by atoms with Crippen molar-refractivity contribution in [2.75, 3.05) is 33.4 Å². The number of nitrogens with one attached hydrogen (secondary N) is 3. The van der Waals surface area contributed by atoms with E-state index in [1.807, 2.05) is 13.0 Å². The molecule has 3 N–H and O–H groups in total. The highest BCUT2D eigenvalue weighted by atomic mass is 16.5. The predicted octanol–water partition coefficient (Wildman–Crippen LogP) is 2.71. The summed E-state index contributed by atoms with van der Waals surface area (Å²) in [7, 11) is 1.80. The molecule has 0 aliphatic heterocycles. The van der Waals surface area contributed by atoms with Crippen LogP contribution >= 0.6 is 0 Å². The van der Waals surface area contributed by atoms with E-state index in [1.54, 1.807) is 7.05 Å². The topological polar surface area (TPSA) is 57.7 Å². The second-order valence-electron chi connectivity index (χ2n) is 6.56. The third kappa shape index (κ3) is 8.31. The van der Waals surface area contributed by atoms with Gasteiger partial charge in [0, 0.05) is 44.9 Å². The van der Waals surface area contributed by atoms with Crippen LogP contribution in [0.25, 0.3) is 0 Å². The maximum absolute atomic E-state index is 5.34. The molecule has 1 atom stereocenters. The van der Waals surface area contributed by atoms with E-state index in [0.29, 0.717) is 6.04 Å². The Balaban J connectivity index is 2.37. The molecule has 1 unspecified atom stereocenters. The van der Waals surface area contributed by atoms with Gasteiger partial charge in [-0.05, 0) is 39.7 Å². The van der Waals surface area contributed by atoms with Gasteiger partial charge in [-0.2, -0.15) is 0 Å². The molecule has 0 aromatic heterocycles. The summed E-state index contributed by atoms with van der Waals surface area (Å²) in [5.41, 5.74) is 1.24. The Morgan fingerprint density at radius 2 is 1.92 bits per heavy atom. The van der Waals surface area contributed by atoms with E-state index >= 15 is 0 Å². The van der Waals surface area contributed by atoms with Gasteiger partial charge in [0.15, 0.2) is 5.96 Å². The number of ether oxygens (including phenoxy) is 1. The lowest BCUT2D eigenvalue weighted by molar-refractivity contribution is 0.145. The molecule has 0 aliphatic rings. The van der Waals surface area contributed by atoms with Gasteiger partial charge in [0.2, 0.25) is 0 Å². The predicted molar refractivity (Wildman–Crippen MR) is 103 cm³/mol. The summed E-state index contributed by atoms with van der Waals surface area (Å²) in [4.78, 5) is 4.27. The fourth-order valence-corrected chi connectivity index (χ4v) is 2.51. The standard InChI is InChI=1S/C19H34N4O/c1-6-24-14-10-13-21-18(20-5)22-15-19(3,4)23-16(2)17-11-8-7-9-12-17/h7-9,11-12,16,23H,6,10,13-15H2,1-5H3,(H2,20,21,22). The van der Waals surface area contributed by atoms with Crippen molar-refractivity contribution in [1.29, 1.82) is 0 Å². The van der Waals surface area contributed by atoms with Gasteiger partial charge < -0.3 is 20.7 Å². The Bertz CT molecular complexity index is 474. The minimum absolute atomic E-state index is 0.0573. The molecular weight excluding hydrogens is 300 g/mol. The van der Waals surface area contributed by atoms with Crippen molar-refractivity contribution in [3.63, 3.8) is 0 Å². The number of guanidine groups is 1. The summed E-state index contributed by atoms with van der Waals surface area (Å²) in [5.74, 6) is 0.828. The number of rotatable bonds is 10. The van der Waals surface area contributed by atoms with Crippen LogP contribution in [0.3, 0.4) is 0 Å². The smallest absolute Gasteiger partial charge is 0.191 e. The lowest BCUT2D eigenvalue weighted by atomic mass is 10.0. The van der Waals surface area contributed by atoms with Crippen molar-refractivity contribution >= 4 is 5.96 Å². The largest absolute Gasteiger partial charge is 0.382 e. The number of aliphatic imine (C=N–C) groups is 1. The molecule has 0 aliphatic carbocycles. The minimum atomic E-state index is -0.0573. The van der Waals surface area contributed by atoms with Crippen molar-refractivity contribution in [3.05, 3.63) is 35.9 Å². The first-order valence-corrected chi connectivity index (χ1v) is 8.83. The third-order valence-electron chi connectivity index (χ3n) is 3.79. The molecule has 1 aromatic carbocycles. The van der Waals surface area contributed by atoms with Gasteiger partial charge in [-0.15, -0.1) is 0 Å². The van der Waals surface area contributed by atoms with Crippen LogP contribution in [0, 0.1) is 0 Å². The third-order valence-corrected chi connectivity index (χ3v) is 3.79. The molecule has 0 heterocycles. The Kier molecular flexibility index (Phi) is 9.42. The first-order chi connectivity index (χ1) is 11.5. The minimum Gasteiger partial charge on any atom is -0.382 e. The van der Waals surface area contributed by atoms with E-state index in [1.165, 1.54) is 5.56 Å². The van der Waals surface area contributed by atoms with Crippen molar-refractivity contribution in [3.8, 4) is 0 Å². The molecule has 24 heavy (non-hydrogen) atoms. The van der Waals surface area contributed by atoms with Crippen LogP contribution < -0.4 is 16.0 Å². The fraction of sp³-hybridized carbons (Fsp3) is 0.632.